The summed E-state index contributed by atoms with van der Waals surface area (Å²) in [6.07, 6.45) is 1.39. The first-order chi connectivity index (χ1) is 13.5. The van der Waals surface area contributed by atoms with E-state index in [1.165, 1.54) is 11.3 Å². The number of anilines is 2. The summed E-state index contributed by atoms with van der Waals surface area (Å²) in [7, 11) is 0. The first kappa shape index (κ1) is 19.8. The highest BCUT2D eigenvalue weighted by Gasteiger charge is 2.11. The molecule has 0 saturated carbocycles. The van der Waals surface area contributed by atoms with Crippen LogP contribution in [-0.2, 0) is 4.79 Å². The van der Waals surface area contributed by atoms with Gasteiger partial charge in [-0.15, -0.1) is 0 Å². The Hall–Kier alpha value is -2.93. The SMILES string of the molecule is CCC(=O)Nc1nc2ccc(NC(=O)c3cccc(OC(C)CC)c3)cc2s1. The minimum atomic E-state index is -0.210. The molecule has 0 aliphatic carbocycles. The van der Waals surface area contributed by atoms with E-state index in [0.717, 1.165) is 16.6 Å². The van der Waals surface area contributed by atoms with E-state index in [2.05, 4.69) is 22.5 Å². The molecule has 2 aromatic carbocycles. The summed E-state index contributed by atoms with van der Waals surface area (Å²) in [4.78, 5) is 28.5. The van der Waals surface area contributed by atoms with Crippen LogP contribution in [0.15, 0.2) is 42.5 Å². The molecular weight excluding hydrogens is 374 g/mol. The van der Waals surface area contributed by atoms with E-state index in [1.807, 2.05) is 31.2 Å². The minimum absolute atomic E-state index is 0.0768. The number of aromatic nitrogens is 1. The van der Waals surface area contributed by atoms with Gasteiger partial charge in [0.2, 0.25) is 5.91 Å². The maximum absolute atomic E-state index is 12.6. The Morgan fingerprint density at radius 3 is 2.71 bits per heavy atom. The third-order valence-electron chi connectivity index (χ3n) is 4.22. The zero-order chi connectivity index (χ0) is 20.1. The number of hydrogen-bond acceptors (Lipinski definition) is 5. The van der Waals surface area contributed by atoms with Crippen LogP contribution in [0.2, 0.25) is 0 Å². The van der Waals surface area contributed by atoms with Gasteiger partial charge in [0.05, 0.1) is 16.3 Å². The van der Waals surface area contributed by atoms with Crippen molar-refractivity contribution < 1.29 is 14.3 Å². The molecule has 0 radical (unpaired) electrons. The molecule has 1 atom stereocenters. The number of carbonyl (C=O) groups is 2. The molecule has 1 aromatic heterocycles. The van der Waals surface area contributed by atoms with Crippen molar-refractivity contribution >= 4 is 44.2 Å². The maximum atomic E-state index is 12.6. The Morgan fingerprint density at radius 2 is 1.96 bits per heavy atom. The van der Waals surface area contributed by atoms with Gasteiger partial charge in [-0.25, -0.2) is 4.98 Å². The number of fused-ring (bicyclic) bond motifs is 1. The molecule has 0 spiro atoms. The summed E-state index contributed by atoms with van der Waals surface area (Å²) in [5.41, 5.74) is 1.97. The Labute approximate surface area is 167 Å². The van der Waals surface area contributed by atoms with Crippen LogP contribution in [-0.4, -0.2) is 22.9 Å². The molecule has 0 aliphatic rings. The Kier molecular flexibility index (Phi) is 6.26. The summed E-state index contributed by atoms with van der Waals surface area (Å²) in [5, 5.41) is 6.22. The molecule has 2 N–H and O–H groups in total. The highest BCUT2D eigenvalue weighted by molar-refractivity contribution is 7.22. The summed E-state index contributed by atoms with van der Waals surface area (Å²) < 4.78 is 6.67. The van der Waals surface area contributed by atoms with Crippen LogP contribution < -0.4 is 15.4 Å². The molecule has 0 aliphatic heterocycles. The second-order valence-corrected chi connectivity index (χ2v) is 7.45. The van der Waals surface area contributed by atoms with Crippen molar-refractivity contribution in [3.63, 3.8) is 0 Å². The molecule has 2 amide bonds. The highest BCUT2D eigenvalue weighted by Crippen LogP contribution is 2.29. The lowest BCUT2D eigenvalue weighted by molar-refractivity contribution is -0.115. The number of amides is 2. The van der Waals surface area contributed by atoms with Crippen molar-refractivity contribution in [2.75, 3.05) is 10.6 Å². The van der Waals surface area contributed by atoms with Crippen LogP contribution in [0.5, 0.6) is 5.75 Å². The predicted octanol–water partition coefficient (Wildman–Crippen LogP) is 5.07. The van der Waals surface area contributed by atoms with Crippen molar-refractivity contribution in [3.8, 4) is 5.75 Å². The van der Waals surface area contributed by atoms with Crippen LogP contribution in [0.25, 0.3) is 10.2 Å². The predicted molar refractivity (Wildman–Crippen MR) is 113 cm³/mol. The van der Waals surface area contributed by atoms with E-state index >= 15 is 0 Å². The summed E-state index contributed by atoms with van der Waals surface area (Å²) in [6.45, 7) is 5.84. The third-order valence-corrected chi connectivity index (χ3v) is 5.16. The number of ether oxygens (including phenoxy) is 1. The maximum Gasteiger partial charge on any atom is 0.255 e. The smallest absolute Gasteiger partial charge is 0.255 e. The molecule has 6 nitrogen and oxygen atoms in total. The monoisotopic (exact) mass is 397 g/mol. The van der Waals surface area contributed by atoms with Gasteiger partial charge in [0, 0.05) is 17.7 Å². The summed E-state index contributed by atoms with van der Waals surface area (Å²) >= 11 is 1.38. The minimum Gasteiger partial charge on any atom is -0.491 e. The molecule has 1 heterocycles. The Balaban J connectivity index is 1.74. The fourth-order valence-electron chi connectivity index (χ4n) is 2.49. The van der Waals surface area contributed by atoms with Crippen molar-refractivity contribution in [2.24, 2.45) is 0 Å². The van der Waals surface area contributed by atoms with Crippen molar-refractivity contribution in [2.45, 2.75) is 39.7 Å². The van der Waals surface area contributed by atoms with E-state index in [0.29, 0.717) is 28.6 Å². The first-order valence-corrected chi connectivity index (χ1v) is 10.1. The number of rotatable bonds is 7. The molecule has 3 aromatic rings. The average molecular weight is 398 g/mol. The largest absolute Gasteiger partial charge is 0.491 e. The van der Waals surface area contributed by atoms with Crippen molar-refractivity contribution in [1.82, 2.24) is 4.98 Å². The normalized spacial score (nSPS) is 11.8. The van der Waals surface area contributed by atoms with Gasteiger partial charge in [0.15, 0.2) is 5.13 Å². The van der Waals surface area contributed by atoms with Gasteiger partial charge in [0.25, 0.3) is 5.91 Å². The lowest BCUT2D eigenvalue weighted by atomic mass is 10.2. The molecule has 7 heteroatoms. The number of hydrogen-bond donors (Lipinski definition) is 2. The van der Waals surface area contributed by atoms with E-state index < -0.39 is 0 Å². The van der Waals surface area contributed by atoms with E-state index in [9.17, 15) is 9.59 Å². The van der Waals surface area contributed by atoms with Gasteiger partial charge in [-0.1, -0.05) is 31.3 Å². The van der Waals surface area contributed by atoms with Gasteiger partial charge in [0.1, 0.15) is 5.75 Å². The quantitative estimate of drug-likeness (QED) is 0.583. The van der Waals surface area contributed by atoms with Crippen LogP contribution in [0.1, 0.15) is 44.0 Å². The van der Waals surface area contributed by atoms with Crippen LogP contribution >= 0.6 is 11.3 Å². The molecule has 146 valence electrons. The van der Waals surface area contributed by atoms with Crippen LogP contribution in [0, 0.1) is 0 Å². The summed E-state index contributed by atoms with van der Waals surface area (Å²) in [5.74, 6) is 0.390. The van der Waals surface area contributed by atoms with Gasteiger partial charge >= 0.3 is 0 Å². The number of carbonyl (C=O) groups excluding carboxylic acids is 2. The summed E-state index contributed by atoms with van der Waals surface area (Å²) in [6, 6.07) is 12.6. The van der Waals surface area contributed by atoms with E-state index in [1.54, 1.807) is 25.1 Å². The zero-order valence-corrected chi connectivity index (χ0v) is 16.9. The fraction of sp³-hybridized carbons (Fsp3) is 0.286. The van der Waals surface area contributed by atoms with E-state index in [-0.39, 0.29) is 17.9 Å². The molecule has 0 fully saturated rings. The second-order valence-electron chi connectivity index (χ2n) is 6.42. The van der Waals surface area contributed by atoms with Crippen molar-refractivity contribution in [3.05, 3.63) is 48.0 Å². The molecule has 3 rings (SSSR count). The molecular formula is C21H23N3O3S. The van der Waals surface area contributed by atoms with Gasteiger partial charge in [-0.3, -0.25) is 9.59 Å². The number of nitrogens with zero attached hydrogens (tertiary/aromatic N) is 1. The molecule has 1 unspecified atom stereocenters. The zero-order valence-electron chi connectivity index (χ0n) is 16.1. The number of nitrogens with one attached hydrogen (secondary N) is 2. The highest BCUT2D eigenvalue weighted by atomic mass is 32.1. The van der Waals surface area contributed by atoms with Crippen molar-refractivity contribution in [1.29, 1.82) is 0 Å². The van der Waals surface area contributed by atoms with Crippen LogP contribution in [0.3, 0.4) is 0 Å². The van der Waals surface area contributed by atoms with Gasteiger partial charge in [-0.05, 0) is 49.7 Å². The second kappa shape index (κ2) is 8.84. The Morgan fingerprint density at radius 1 is 1.14 bits per heavy atom. The molecule has 28 heavy (non-hydrogen) atoms. The fourth-order valence-corrected chi connectivity index (χ4v) is 3.41. The standard InChI is InChI=1S/C21H23N3O3S/c1-4-13(3)27-16-8-6-7-14(11-16)20(26)22-15-9-10-17-18(12-15)28-21(23-17)24-19(25)5-2/h6-13H,4-5H2,1-3H3,(H,22,26)(H,23,24,25). The average Bonchev–Trinajstić information content (AvgIpc) is 3.09. The number of benzene rings is 2. The third kappa shape index (κ3) is 4.86. The topological polar surface area (TPSA) is 80.3 Å². The number of thiazole rings is 1. The Bertz CT molecular complexity index is 999. The van der Waals surface area contributed by atoms with Gasteiger partial charge in [-0.2, -0.15) is 0 Å². The van der Waals surface area contributed by atoms with Crippen LogP contribution in [0.4, 0.5) is 10.8 Å². The van der Waals surface area contributed by atoms with E-state index in [4.69, 9.17) is 4.74 Å². The molecule has 0 bridgehead atoms. The van der Waals surface area contributed by atoms with Gasteiger partial charge < -0.3 is 15.4 Å². The lowest BCUT2D eigenvalue weighted by Gasteiger charge is -2.13. The first-order valence-electron chi connectivity index (χ1n) is 9.27. The lowest BCUT2D eigenvalue weighted by Crippen LogP contribution is -2.13. The molecule has 0 saturated heterocycles.